The van der Waals surface area contributed by atoms with Crippen molar-refractivity contribution in [3.63, 3.8) is 0 Å². The highest BCUT2D eigenvalue weighted by molar-refractivity contribution is 5.32. The molecule has 0 aliphatic carbocycles. The van der Waals surface area contributed by atoms with E-state index in [4.69, 9.17) is 0 Å². The number of nitrogens with one attached hydrogen (secondary N) is 1. The molecule has 0 aromatic carbocycles. The average Bonchev–Trinajstić information content (AvgIpc) is 2.24. The molecule has 0 aliphatic heterocycles. The van der Waals surface area contributed by atoms with Crippen LogP contribution in [0.15, 0.2) is 17.2 Å². The summed E-state index contributed by atoms with van der Waals surface area (Å²) in [6.07, 6.45) is 4.25. The van der Waals surface area contributed by atoms with Gasteiger partial charge in [-0.25, -0.2) is 4.98 Å². The van der Waals surface area contributed by atoms with Gasteiger partial charge in [0.1, 0.15) is 0 Å². The maximum absolute atomic E-state index is 11.7. The molecule has 4 heteroatoms. The van der Waals surface area contributed by atoms with E-state index in [2.05, 4.69) is 22.1 Å². The van der Waals surface area contributed by atoms with Crippen molar-refractivity contribution < 1.29 is 0 Å². The smallest absolute Gasteiger partial charge is 0.293 e. The summed E-state index contributed by atoms with van der Waals surface area (Å²) in [5, 5.41) is 2.89. The number of aryl methyl sites for hydroxylation is 1. The third-order valence-corrected chi connectivity index (χ3v) is 1.90. The van der Waals surface area contributed by atoms with Crippen molar-refractivity contribution in [3.05, 3.63) is 22.7 Å². The van der Waals surface area contributed by atoms with E-state index in [-0.39, 0.29) is 5.56 Å². The Morgan fingerprint density at radius 2 is 2.40 bits per heavy atom. The summed E-state index contributed by atoms with van der Waals surface area (Å²) in [5.74, 6) is 5.94. The van der Waals surface area contributed by atoms with Crippen LogP contribution in [0.2, 0.25) is 0 Å². The van der Waals surface area contributed by atoms with Gasteiger partial charge < -0.3 is 9.88 Å². The lowest BCUT2D eigenvalue weighted by molar-refractivity contribution is 0.650. The van der Waals surface area contributed by atoms with Gasteiger partial charge in [0.05, 0.1) is 6.54 Å². The van der Waals surface area contributed by atoms with Crippen LogP contribution < -0.4 is 10.9 Å². The van der Waals surface area contributed by atoms with Crippen molar-refractivity contribution in [2.45, 2.75) is 26.8 Å². The second-order valence-corrected chi connectivity index (χ2v) is 3.05. The molecule has 0 saturated heterocycles. The minimum Gasteiger partial charge on any atom is -0.355 e. The molecule has 4 nitrogen and oxygen atoms in total. The predicted molar refractivity (Wildman–Crippen MR) is 60.7 cm³/mol. The molecule has 0 radical (unpaired) electrons. The van der Waals surface area contributed by atoms with Crippen LogP contribution in [0.25, 0.3) is 0 Å². The van der Waals surface area contributed by atoms with Crippen molar-refractivity contribution in [2.75, 3.05) is 11.9 Å². The Hall–Kier alpha value is -1.76. The molecule has 0 bridgehead atoms. The fraction of sp³-hybridized carbons (Fsp3) is 0.455. The van der Waals surface area contributed by atoms with E-state index in [0.29, 0.717) is 12.4 Å². The van der Waals surface area contributed by atoms with Gasteiger partial charge in [0.25, 0.3) is 5.56 Å². The molecule has 0 spiro atoms. The van der Waals surface area contributed by atoms with Gasteiger partial charge in [0.2, 0.25) is 0 Å². The number of hydrogen-bond acceptors (Lipinski definition) is 3. The summed E-state index contributed by atoms with van der Waals surface area (Å²) in [5.41, 5.74) is -0.0859. The van der Waals surface area contributed by atoms with Gasteiger partial charge >= 0.3 is 0 Å². The zero-order valence-corrected chi connectivity index (χ0v) is 9.08. The first-order valence-electron chi connectivity index (χ1n) is 4.98. The molecule has 1 N–H and O–H groups in total. The van der Waals surface area contributed by atoms with Gasteiger partial charge in [-0.05, 0) is 13.3 Å². The Morgan fingerprint density at radius 3 is 3.07 bits per heavy atom. The van der Waals surface area contributed by atoms with Crippen LogP contribution in [0.4, 0.5) is 5.82 Å². The van der Waals surface area contributed by atoms with Crippen molar-refractivity contribution in [1.29, 1.82) is 0 Å². The van der Waals surface area contributed by atoms with Gasteiger partial charge in [-0.3, -0.25) is 4.79 Å². The Labute approximate surface area is 89.3 Å². The first kappa shape index (κ1) is 11.3. The van der Waals surface area contributed by atoms with Gasteiger partial charge in [-0.2, -0.15) is 0 Å². The fourth-order valence-electron chi connectivity index (χ4n) is 1.20. The lowest BCUT2D eigenvalue weighted by Gasteiger charge is -2.05. The molecule has 1 aromatic rings. The van der Waals surface area contributed by atoms with E-state index in [1.165, 1.54) is 0 Å². The molecule has 0 amide bonds. The van der Waals surface area contributed by atoms with Gasteiger partial charge in [-0.1, -0.05) is 12.8 Å². The van der Waals surface area contributed by atoms with Gasteiger partial charge in [0, 0.05) is 18.9 Å². The average molecular weight is 205 g/mol. The second kappa shape index (κ2) is 5.86. The van der Waals surface area contributed by atoms with Crippen molar-refractivity contribution >= 4 is 5.82 Å². The first-order chi connectivity index (χ1) is 7.29. The standard InChI is InChI=1S/C11H15N3O/c1-3-5-6-12-10-11(15)14(8-4-2)9-7-13-10/h7,9H,4,6,8H2,1-2H3,(H,12,13). The highest BCUT2D eigenvalue weighted by Gasteiger charge is 2.01. The molecule has 0 fully saturated rings. The molecular formula is C11H15N3O. The van der Waals surface area contributed by atoms with Crippen LogP contribution in [0.5, 0.6) is 0 Å². The number of rotatable bonds is 4. The molecule has 0 unspecified atom stereocenters. The molecule has 1 aromatic heterocycles. The number of anilines is 1. The molecule has 0 atom stereocenters. The van der Waals surface area contributed by atoms with Crippen LogP contribution in [0.1, 0.15) is 20.3 Å². The van der Waals surface area contributed by atoms with Crippen molar-refractivity contribution in [1.82, 2.24) is 9.55 Å². The Kier molecular flexibility index (Phi) is 4.42. The van der Waals surface area contributed by atoms with Crippen LogP contribution >= 0.6 is 0 Å². The first-order valence-corrected chi connectivity index (χ1v) is 4.98. The summed E-state index contributed by atoms with van der Waals surface area (Å²) in [6.45, 7) is 4.96. The molecule has 15 heavy (non-hydrogen) atoms. The van der Waals surface area contributed by atoms with E-state index in [0.717, 1.165) is 13.0 Å². The maximum Gasteiger partial charge on any atom is 0.293 e. The van der Waals surface area contributed by atoms with Gasteiger partial charge in [0.15, 0.2) is 5.82 Å². The molecule has 0 aliphatic rings. The zero-order chi connectivity index (χ0) is 11.1. The van der Waals surface area contributed by atoms with E-state index >= 15 is 0 Å². The Morgan fingerprint density at radius 1 is 1.60 bits per heavy atom. The van der Waals surface area contributed by atoms with Crippen LogP contribution in [0, 0.1) is 11.8 Å². The number of nitrogens with zero attached hydrogens (tertiary/aromatic N) is 2. The summed E-state index contributed by atoms with van der Waals surface area (Å²) in [6, 6.07) is 0. The van der Waals surface area contributed by atoms with Crippen molar-refractivity contribution in [2.24, 2.45) is 0 Å². The highest BCUT2D eigenvalue weighted by Crippen LogP contribution is 1.93. The maximum atomic E-state index is 11.7. The van der Waals surface area contributed by atoms with E-state index < -0.39 is 0 Å². The monoisotopic (exact) mass is 205 g/mol. The minimum atomic E-state index is -0.0859. The Bertz CT molecular complexity index is 425. The van der Waals surface area contributed by atoms with E-state index in [1.54, 1.807) is 23.9 Å². The summed E-state index contributed by atoms with van der Waals surface area (Å²) in [4.78, 5) is 15.7. The molecule has 1 rings (SSSR count). The predicted octanol–water partition coefficient (Wildman–Crippen LogP) is 1.09. The van der Waals surface area contributed by atoms with E-state index in [1.807, 2.05) is 6.92 Å². The lowest BCUT2D eigenvalue weighted by Crippen LogP contribution is -2.24. The SMILES string of the molecule is CC#CCNc1nccn(CCC)c1=O. The molecule has 80 valence electrons. The third-order valence-electron chi connectivity index (χ3n) is 1.90. The van der Waals surface area contributed by atoms with E-state index in [9.17, 15) is 4.79 Å². The molecular weight excluding hydrogens is 190 g/mol. The van der Waals surface area contributed by atoms with Crippen LogP contribution in [0.3, 0.4) is 0 Å². The van der Waals surface area contributed by atoms with Gasteiger partial charge in [-0.15, -0.1) is 5.92 Å². The molecule has 1 heterocycles. The second-order valence-electron chi connectivity index (χ2n) is 3.05. The highest BCUT2D eigenvalue weighted by atomic mass is 16.1. The largest absolute Gasteiger partial charge is 0.355 e. The quantitative estimate of drug-likeness (QED) is 0.748. The zero-order valence-electron chi connectivity index (χ0n) is 9.08. The lowest BCUT2D eigenvalue weighted by atomic mass is 10.4. The normalized spacial score (nSPS) is 9.20. The van der Waals surface area contributed by atoms with Crippen molar-refractivity contribution in [3.8, 4) is 11.8 Å². The van der Waals surface area contributed by atoms with Crippen LogP contribution in [-0.4, -0.2) is 16.1 Å². The topological polar surface area (TPSA) is 46.9 Å². The van der Waals surface area contributed by atoms with Crippen LogP contribution in [-0.2, 0) is 6.54 Å². The molecule has 0 saturated carbocycles. The number of hydrogen-bond donors (Lipinski definition) is 1. The number of aromatic nitrogens is 2. The Balaban J connectivity index is 2.83. The summed E-state index contributed by atoms with van der Waals surface area (Å²) in [7, 11) is 0. The fourth-order valence-corrected chi connectivity index (χ4v) is 1.20. The summed E-state index contributed by atoms with van der Waals surface area (Å²) < 4.78 is 1.65. The third kappa shape index (κ3) is 3.13. The minimum absolute atomic E-state index is 0.0859. The summed E-state index contributed by atoms with van der Waals surface area (Å²) >= 11 is 0.